The summed E-state index contributed by atoms with van der Waals surface area (Å²) >= 11 is 0. The lowest BCUT2D eigenvalue weighted by atomic mass is 10.4. The molecule has 0 saturated heterocycles. The maximum absolute atomic E-state index is 5.46. The minimum Gasteiger partial charge on any atom is -0.465 e. The van der Waals surface area contributed by atoms with Crippen molar-refractivity contribution >= 4 is 5.82 Å². The van der Waals surface area contributed by atoms with Crippen molar-refractivity contribution in [2.75, 3.05) is 11.9 Å². The van der Waals surface area contributed by atoms with Gasteiger partial charge in [-0.15, -0.1) is 0 Å². The van der Waals surface area contributed by atoms with E-state index in [-0.39, 0.29) is 0 Å². The fourth-order valence-electron chi connectivity index (χ4n) is 1.50. The van der Waals surface area contributed by atoms with Gasteiger partial charge < -0.3 is 15.5 Å². The van der Waals surface area contributed by atoms with Gasteiger partial charge in [0.1, 0.15) is 23.2 Å². The number of rotatable bonds is 5. The standard InChI is InChI=1S/C12H16N4O/c1-9-2-3-10(17-9)8-15-12-5-7-14-11(16-12)4-6-13/h2-3,5,7H,4,6,8,13H2,1H3,(H,14,15,16). The van der Waals surface area contributed by atoms with Gasteiger partial charge in [-0.2, -0.15) is 0 Å². The molecule has 0 radical (unpaired) electrons. The number of aryl methyl sites for hydroxylation is 1. The zero-order valence-corrected chi connectivity index (χ0v) is 9.81. The van der Waals surface area contributed by atoms with Crippen LogP contribution >= 0.6 is 0 Å². The lowest BCUT2D eigenvalue weighted by Crippen LogP contribution is -2.08. The van der Waals surface area contributed by atoms with Crippen molar-refractivity contribution in [3.63, 3.8) is 0 Å². The van der Waals surface area contributed by atoms with E-state index in [4.69, 9.17) is 10.2 Å². The Balaban J connectivity index is 1.96. The number of anilines is 1. The number of nitrogens with two attached hydrogens (primary N) is 1. The summed E-state index contributed by atoms with van der Waals surface area (Å²) in [6.45, 7) is 3.10. The molecule has 0 aliphatic heterocycles. The van der Waals surface area contributed by atoms with Gasteiger partial charge >= 0.3 is 0 Å². The van der Waals surface area contributed by atoms with Crippen LogP contribution in [0.2, 0.25) is 0 Å². The van der Waals surface area contributed by atoms with Crippen LogP contribution in [0.15, 0.2) is 28.8 Å². The first kappa shape index (κ1) is 11.6. The number of furan rings is 1. The topological polar surface area (TPSA) is 77.0 Å². The smallest absolute Gasteiger partial charge is 0.131 e. The average Bonchev–Trinajstić information content (AvgIpc) is 2.74. The maximum atomic E-state index is 5.46. The predicted octanol–water partition coefficient (Wildman–Crippen LogP) is 1.49. The Bertz CT molecular complexity index is 481. The molecule has 0 aliphatic carbocycles. The van der Waals surface area contributed by atoms with Gasteiger partial charge in [-0.25, -0.2) is 9.97 Å². The summed E-state index contributed by atoms with van der Waals surface area (Å²) in [5.41, 5.74) is 5.46. The molecule has 0 atom stereocenters. The molecular formula is C12H16N4O. The molecule has 5 heteroatoms. The van der Waals surface area contributed by atoms with Crippen LogP contribution in [0.1, 0.15) is 17.3 Å². The SMILES string of the molecule is Cc1ccc(CNc2ccnc(CCN)n2)o1. The van der Waals surface area contributed by atoms with E-state index in [1.165, 1.54) is 0 Å². The molecule has 0 aliphatic rings. The minimum atomic E-state index is 0.556. The summed E-state index contributed by atoms with van der Waals surface area (Å²) in [4.78, 5) is 8.47. The van der Waals surface area contributed by atoms with E-state index < -0.39 is 0 Å². The molecule has 0 amide bonds. The molecule has 0 spiro atoms. The Hall–Kier alpha value is -1.88. The van der Waals surface area contributed by atoms with Gasteiger partial charge in [0.2, 0.25) is 0 Å². The van der Waals surface area contributed by atoms with Gasteiger partial charge in [-0.3, -0.25) is 0 Å². The summed E-state index contributed by atoms with van der Waals surface area (Å²) in [5.74, 6) is 3.35. The Labute approximate surface area is 100 Å². The van der Waals surface area contributed by atoms with Crippen molar-refractivity contribution in [3.05, 3.63) is 41.7 Å². The minimum absolute atomic E-state index is 0.556. The second-order valence-electron chi connectivity index (χ2n) is 3.76. The van der Waals surface area contributed by atoms with Crippen LogP contribution in [0.3, 0.4) is 0 Å². The van der Waals surface area contributed by atoms with Crippen molar-refractivity contribution in [2.24, 2.45) is 5.73 Å². The number of nitrogens with zero attached hydrogens (tertiary/aromatic N) is 2. The highest BCUT2D eigenvalue weighted by molar-refractivity contribution is 5.33. The van der Waals surface area contributed by atoms with E-state index in [0.29, 0.717) is 19.5 Å². The van der Waals surface area contributed by atoms with Crippen LogP contribution in [0.5, 0.6) is 0 Å². The molecule has 90 valence electrons. The molecule has 2 aromatic heterocycles. The molecule has 0 bridgehead atoms. The summed E-state index contributed by atoms with van der Waals surface area (Å²) in [6, 6.07) is 5.72. The number of aromatic nitrogens is 2. The van der Waals surface area contributed by atoms with Crippen LogP contribution in [-0.4, -0.2) is 16.5 Å². The second-order valence-corrected chi connectivity index (χ2v) is 3.76. The Kier molecular flexibility index (Phi) is 3.72. The number of hydrogen-bond donors (Lipinski definition) is 2. The molecule has 2 rings (SSSR count). The first-order chi connectivity index (χ1) is 8.28. The van der Waals surface area contributed by atoms with Gasteiger partial charge in [0.15, 0.2) is 0 Å². The Morgan fingerprint density at radius 1 is 1.35 bits per heavy atom. The monoisotopic (exact) mass is 232 g/mol. The van der Waals surface area contributed by atoms with Crippen LogP contribution in [0.25, 0.3) is 0 Å². The highest BCUT2D eigenvalue weighted by Gasteiger charge is 2.01. The lowest BCUT2D eigenvalue weighted by molar-refractivity contribution is 0.490. The van der Waals surface area contributed by atoms with Gasteiger partial charge in [0.25, 0.3) is 0 Å². The van der Waals surface area contributed by atoms with Crippen LogP contribution < -0.4 is 11.1 Å². The van der Waals surface area contributed by atoms with E-state index in [9.17, 15) is 0 Å². The summed E-state index contributed by atoms with van der Waals surface area (Å²) in [6.07, 6.45) is 2.42. The van der Waals surface area contributed by atoms with Gasteiger partial charge in [0.05, 0.1) is 6.54 Å². The number of hydrogen-bond acceptors (Lipinski definition) is 5. The molecular weight excluding hydrogens is 216 g/mol. The average molecular weight is 232 g/mol. The van der Waals surface area contributed by atoms with Gasteiger partial charge in [-0.1, -0.05) is 0 Å². The molecule has 17 heavy (non-hydrogen) atoms. The summed E-state index contributed by atoms with van der Waals surface area (Å²) in [5, 5.41) is 3.19. The molecule has 0 fully saturated rings. The summed E-state index contributed by atoms with van der Waals surface area (Å²) < 4.78 is 5.46. The molecule has 5 nitrogen and oxygen atoms in total. The van der Waals surface area contributed by atoms with E-state index in [1.54, 1.807) is 6.20 Å². The van der Waals surface area contributed by atoms with E-state index in [1.807, 2.05) is 25.1 Å². The third-order valence-electron chi connectivity index (χ3n) is 2.31. The predicted molar refractivity (Wildman–Crippen MR) is 65.6 cm³/mol. The van der Waals surface area contributed by atoms with Gasteiger partial charge in [-0.05, 0) is 31.7 Å². The van der Waals surface area contributed by atoms with Crippen molar-refractivity contribution in [3.8, 4) is 0 Å². The van der Waals surface area contributed by atoms with E-state index in [0.717, 1.165) is 23.2 Å². The highest BCUT2D eigenvalue weighted by atomic mass is 16.3. The van der Waals surface area contributed by atoms with Crippen LogP contribution in [0.4, 0.5) is 5.82 Å². The van der Waals surface area contributed by atoms with Crippen molar-refractivity contribution < 1.29 is 4.42 Å². The van der Waals surface area contributed by atoms with Crippen molar-refractivity contribution in [2.45, 2.75) is 19.9 Å². The first-order valence-corrected chi connectivity index (χ1v) is 5.59. The zero-order valence-electron chi connectivity index (χ0n) is 9.81. The first-order valence-electron chi connectivity index (χ1n) is 5.59. The third-order valence-corrected chi connectivity index (χ3v) is 2.31. The van der Waals surface area contributed by atoms with Crippen LogP contribution in [0, 0.1) is 6.92 Å². The number of nitrogens with one attached hydrogen (secondary N) is 1. The fraction of sp³-hybridized carbons (Fsp3) is 0.333. The zero-order chi connectivity index (χ0) is 12.1. The highest BCUT2D eigenvalue weighted by Crippen LogP contribution is 2.09. The normalized spacial score (nSPS) is 10.5. The summed E-state index contributed by atoms with van der Waals surface area (Å²) in [7, 11) is 0. The molecule has 3 N–H and O–H groups in total. The van der Waals surface area contributed by atoms with Gasteiger partial charge in [0, 0.05) is 12.6 Å². The molecule has 2 aromatic rings. The quantitative estimate of drug-likeness (QED) is 0.816. The fourth-order valence-corrected chi connectivity index (χ4v) is 1.50. The van der Waals surface area contributed by atoms with Crippen LogP contribution in [-0.2, 0) is 13.0 Å². The van der Waals surface area contributed by atoms with E-state index in [2.05, 4.69) is 15.3 Å². The molecule has 0 aromatic carbocycles. The molecule has 0 saturated carbocycles. The largest absolute Gasteiger partial charge is 0.465 e. The third kappa shape index (κ3) is 3.29. The van der Waals surface area contributed by atoms with Crippen molar-refractivity contribution in [1.29, 1.82) is 0 Å². The Morgan fingerprint density at radius 3 is 2.94 bits per heavy atom. The lowest BCUT2D eigenvalue weighted by Gasteiger charge is -2.04. The molecule has 0 unspecified atom stereocenters. The Morgan fingerprint density at radius 2 is 2.24 bits per heavy atom. The molecule has 2 heterocycles. The second kappa shape index (κ2) is 5.45. The maximum Gasteiger partial charge on any atom is 0.131 e. The van der Waals surface area contributed by atoms with Crippen molar-refractivity contribution in [1.82, 2.24) is 9.97 Å². The van der Waals surface area contributed by atoms with E-state index >= 15 is 0 Å².